The first-order valence-corrected chi connectivity index (χ1v) is 11.2. The maximum Gasteiger partial charge on any atom is 0.295 e. The van der Waals surface area contributed by atoms with E-state index in [0.29, 0.717) is 25.4 Å². The first kappa shape index (κ1) is 24.7. The Kier molecular flexibility index (Phi) is 8.10. The van der Waals surface area contributed by atoms with Crippen molar-refractivity contribution in [3.63, 3.8) is 0 Å². The van der Waals surface area contributed by atoms with Crippen molar-refractivity contribution >= 4 is 29.1 Å². The first-order chi connectivity index (χ1) is 15.8. The van der Waals surface area contributed by atoms with Crippen LogP contribution in [0, 0.1) is 5.82 Å². The molecule has 1 unspecified atom stereocenters. The molecule has 6 nitrogen and oxygen atoms in total. The highest BCUT2D eigenvalue weighted by atomic mass is 35.5. The molecule has 1 N–H and O–H groups in total. The number of Topliss-reactive ketones (excluding diaryl/α,β-unsaturated/α-hetero) is 1. The van der Waals surface area contributed by atoms with Gasteiger partial charge in [0.15, 0.2) is 0 Å². The number of nitrogens with zero attached hydrogens (tertiary/aromatic N) is 1. The molecule has 1 aliphatic heterocycles. The van der Waals surface area contributed by atoms with Crippen LogP contribution < -0.4 is 4.74 Å². The van der Waals surface area contributed by atoms with Gasteiger partial charge >= 0.3 is 0 Å². The minimum absolute atomic E-state index is 0.0205. The van der Waals surface area contributed by atoms with Gasteiger partial charge in [-0.2, -0.15) is 0 Å². The van der Waals surface area contributed by atoms with Gasteiger partial charge in [-0.05, 0) is 51.5 Å². The van der Waals surface area contributed by atoms with Crippen LogP contribution in [0.4, 0.5) is 4.39 Å². The maximum atomic E-state index is 14.8. The van der Waals surface area contributed by atoms with Gasteiger partial charge in [-0.15, -0.1) is 0 Å². The quantitative estimate of drug-likeness (QED) is 0.236. The Balaban J connectivity index is 2.06. The average molecular weight is 476 g/mol. The normalized spacial score (nSPS) is 17.8. The molecule has 0 aromatic heterocycles. The molecule has 1 fully saturated rings. The van der Waals surface area contributed by atoms with Crippen molar-refractivity contribution in [2.45, 2.75) is 39.3 Å². The molecule has 0 radical (unpaired) electrons. The summed E-state index contributed by atoms with van der Waals surface area (Å²) in [6.07, 6.45) is 0.470. The Hall–Kier alpha value is -2.90. The molecular weight excluding hydrogens is 449 g/mol. The maximum absolute atomic E-state index is 14.8. The number of hydrogen-bond donors (Lipinski definition) is 1. The van der Waals surface area contributed by atoms with Crippen molar-refractivity contribution in [2.24, 2.45) is 0 Å². The molecule has 0 saturated carbocycles. The van der Waals surface area contributed by atoms with Gasteiger partial charge in [0, 0.05) is 24.3 Å². The van der Waals surface area contributed by atoms with Crippen molar-refractivity contribution in [3.05, 3.63) is 70.0 Å². The molecule has 8 heteroatoms. The number of aliphatic hydroxyl groups excluding tert-OH is 1. The molecular formula is C25H27ClFNO5. The van der Waals surface area contributed by atoms with E-state index in [0.717, 1.165) is 0 Å². The third-order valence-corrected chi connectivity index (χ3v) is 5.53. The number of carbonyl (C=O) groups is 2. The number of aliphatic hydroxyl groups is 1. The monoisotopic (exact) mass is 475 g/mol. The highest BCUT2D eigenvalue weighted by Crippen LogP contribution is 2.41. The van der Waals surface area contributed by atoms with Gasteiger partial charge in [-0.25, -0.2) is 4.39 Å². The molecule has 0 spiro atoms. The van der Waals surface area contributed by atoms with E-state index in [-0.39, 0.29) is 34.4 Å². The number of halogens is 2. The lowest BCUT2D eigenvalue weighted by Crippen LogP contribution is -2.31. The van der Waals surface area contributed by atoms with Gasteiger partial charge in [0.2, 0.25) is 0 Å². The van der Waals surface area contributed by atoms with Crippen LogP contribution in [0.15, 0.2) is 48.0 Å². The lowest BCUT2D eigenvalue weighted by molar-refractivity contribution is -0.140. The lowest BCUT2D eigenvalue weighted by atomic mass is 9.95. The van der Waals surface area contributed by atoms with E-state index in [1.807, 2.05) is 20.8 Å². The fourth-order valence-electron chi connectivity index (χ4n) is 3.76. The van der Waals surface area contributed by atoms with E-state index in [1.54, 1.807) is 12.1 Å². The van der Waals surface area contributed by atoms with Crippen LogP contribution in [-0.2, 0) is 14.3 Å². The minimum atomic E-state index is -1.07. The van der Waals surface area contributed by atoms with Gasteiger partial charge in [-0.3, -0.25) is 9.59 Å². The van der Waals surface area contributed by atoms with Crippen molar-refractivity contribution in [1.82, 2.24) is 4.90 Å². The summed E-state index contributed by atoms with van der Waals surface area (Å²) < 4.78 is 25.7. The third-order valence-electron chi connectivity index (χ3n) is 5.24. The van der Waals surface area contributed by atoms with Gasteiger partial charge in [0.25, 0.3) is 11.7 Å². The zero-order valence-electron chi connectivity index (χ0n) is 18.8. The molecule has 1 aliphatic rings. The Morgan fingerprint density at radius 2 is 1.94 bits per heavy atom. The first-order valence-electron chi connectivity index (χ1n) is 10.8. The molecule has 2 aromatic rings. The van der Waals surface area contributed by atoms with Gasteiger partial charge in [-0.1, -0.05) is 29.8 Å². The third kappa shape index (κ3) is 5.37. The predicted molar refractivity (Wildman–Crippen MR) is 124 cm³/mol. The average Bonchev–Trinajstić information content (AvgIpc) is 3.02. The van der Waals surface area contributed by atoms with Crippen LogP contribution in [0.1, 0.15) is 44.4 Å². The summed E-state index contributed by atoms with van der Waals surface area (Å²) in [5.41, 5.74) is 0.168. The molecule has 3 rings (SSSR count). The van der Waals surface area contributed by atoms with Crippen molar-refractivity contribution in [2.75, 3.05) is 19.8 Å². The Morgan fingerprint density at radius 1 is 1.21 bits per heavy atom. The highest BCUT2D eigenvalue weighted by Gasteiger charge is 2.46. The summed E-state index contributed by atoms with van der Waals surface area (Å²) >= 11 is 6.25. The number of rotatable bonds is 9. The molecule has 1 saturated heterocycles. The number of ether oxygens (including phenoxy) is 2. The van der Waals surface area contributed by atoms with Crippen LogP contribution >= 0.6 is 11.6 Å². The fourth-order valence-corrected chi connectivity index (χ4v) is 4.00. The summed E-state index contributed by atoms with van der Waals surface area (Å²) in [5, 5.41) is 11.3. The minimum Gasteiger partial charge on any atom is -0.507 e. The van der Waals surface area contributed by atoms with E-state index in [9.17, 15) is 19.1 Å². The van der Waals surface area contributed by atoms with Crippen molar-refractivity contribution in [1.29, 1.82) is 0 Å². The number of ketones is 1. The number of carbonyl (C=O) groups excluding carboxylic acids is 2. The van der Waals surface area contributed by atoms with E-state index < -0.39 is 29.3 Å². The Labute approximate surface area is 197 Å². The van der Waals surface area contributed by atoms with E-state index in [1.165, 1.54) is 35.2 Å². The van der Waals surface area contributed by atoms with E-state index >= 15 is 0 Å². The zero-order valence-corrected chi connectivity index (χ0v) is 19.6. The second-order valence-corrected chi connectivity index (χ2v) is 8.27. The second kappa shape index (κ2) is 10.8. The van der Waals surface area contributed by atoms with Gasteiger partial charge in [0.1, 0.15) is 17.3 Å². The number of amides is 1. The molecule has 2 aromatic carbocycles. The van der Waals surface area contributed by atoms with Crippen LogP contribution in [0.2, 0.25) is 5.02 Å². The van der Waals surface area contributed by atoms with E-state index in [2.05, 4.69) is 0 Å². The largest absolute Gasteiger partial charge is 0.507 e. The van der Waals surface area contributed by atoms with Crippen molar-refractivity contribution < 1.29 is 28.6 Å². The van der Waals surface area contributed by atoms with Gasteiger partial charge in [0.05, 0.1) is 29.3 Å². The summed E-state index contributed by atoms with van der Waals surface area (Å²) in [7, 11) is 0. The SMILES string of the molecule is CCOc1ccc(/C(O)=C2\C(=O)C(=O)N(CCCOC(C)C)C2c2ccccc2F)cc1Cl. The number of hydrogen-bond acceptors (Lipinski definition) is 5. The van der Waals surface area contributed by atoms with E-state index in [4.69, 9.17) is 21.1 Å². The number of likely N-dealkylation sites (tertiary alicyclic amines) is 1. The summed E-state index contributed by atoms with van der Waals surface area (Å²) in [4.78, 5) is 27.2. The molecule has 0 bridgehead atoms. The molecule has 33 heavy (non-hydrogen) atoms. The Morgan fingerprint density at radius 3 is 2.58 bits per heavy atom. The molecule has 0 aliphatic carbocycles. The van der Waals surface area contributed by atoms with Crippen molar-refractivity contribution in [3.8, 4) is 5.75 Å². The molecule has 176 valence electrons. The lowest BCUT2D eigenvalue weighted by Gasteiger charge is -2.25. The highest BCUT2D eigenvalue weighted by molar-refractivity contribution is 6.46. The van der Waals surface area contributed by atoms with Gasteiger partial charge < -0.3 is 19.5 Å². The summed E-state index contributed by atoms with van der Waals surface area (Å²) in [5.74, 6) is -2.26. The predicted octanol–water partition coefficient (Wildman–Crippen LogP) is 5.11. The molecule has 1 amide bonds. The molecule has 1 atom stereocenters. The van der Waals surface area contributed by atoms with Crippen LogP contribution in [0.5, 0.6) is 5.75 Å². The Bertz CT molecular complexity index is 1070. The topological polar surface area (TPSA) is 76.1 Å². The summed E-state index contributed by atoms with van der Waals surface area (Å²) in [6.45, 7) is 6.55. The number of benzene rings is 2. The van der Waals surface area contributed by atoms with Crippen LogP contribution in [0.3, 0.4) is 0 Å². The second-order valence-electron chi connectivity index (χ2n) is 7.87. The standard InChI is InChI=1S/C25H27ClFNO5/c1-4-32-20-11-10-16(14-18(20)26)23(29)21-22(17-8-5-6-9-19(17)27)28(25(31)24(21)30)12-7-13-33-15(2)3/h5-6,8-11,14-15,22,29H,4,7,12-13H2,1-3H3/b23-21+. The molecule has 1 heterocycles. The summed E-state index contributed by atoms with van der Waals surface area (Å²) in [6, 6.07) is 9.38. The van der Waals surface area contributed by atoms with Crippen LogP contribution in [-0.4, -0.2) is 47.6 Å². The fraction of sp³-hybridized carbons (Fsp3) is 0.360. The van der Waals surface area contributed by atoms with Crippen LogP contribution in [0.25, 0.3) is 5.76 Å². The smallest absolute Gasteiger partial charge is 0.295 e. The zero-order chi connectivity index (χ0) is 24.1.